The zero-order valence-electron chi connectivity index (χ0n) is 19.4. The predicted molar refractivity (Wildman–Crippen MR) is 124 cm³/mol. The fraction of sp³-hybridized carbons (Fsp3) is 0.320. The maximum Gasteiger partial charge on any atom is 0.322 e. The summed E-state index contributed by atoms with van der Waals surface area (Å²) in [7, 11) is 1.63. The van der Waals surface area contributed by atoms with Crippen LogP contribution in [0.5, 0.6) is 23.3 Å². The van der Waals surface area contributed by atoms with Crippen LogP contribution in [0, 0.1) is 13.8 Å². The Morgan fingerprint density at radius 2 is 1.56 bits per heavy atom. The minimum absolute atomic E-state index is 0.107. The minimum Gasteiger partial charge on any atom is -0.497 e. The normalized spacial score (nSPS) is 11.1. The van der Waals surface area contributed by atoms with E-state index in [-0.39, 0.29) is 17.9 Å². The van der Waals surface area contributed by atoms with Crippen molar-refractivity contribution in [3.63, 3.8) is 0 Å². The molecule has 0 atom stereocenters. The molecule has 32 heavy (non-hydrogen) atoms. The molecule has 2 aromatic carbocycles. The second-order valence-electron chi connectivity index (χ2n) is 8.51. The number of aromatic nitrogens is 2. The average molecular weight is 436 g/mol. The van der Waals surface area contributed by atoms with Gasteiger partial charge in [0.1, 0.15) is 17.2 Å². The fourth-order valence-electron chi connectivity index (χ4n) is 3.14. The molecule has 1 heterocycles. The first kappa shape index (κ1) is 23.1. The number of hydrogen-bond donors (Lipinski definition) is 1. The molecule has 3 aromatic rings. The van der Waals surface area contributed by atoms with Gasteiger partial charge in [0.2, 0.25) is 0 Å². The van der Waals surface area contributed by atoms with Gasteiger partial charge < -0.3 is 19.5 Å². The molecule has 1 N–H and O–H groups in total. The van der Waals surface area contributed by atoms with Gasteiger partial charge in [0.05, 0.1) is 7.11 Å². The molecule has 0 spiro atoms. The van der Waals surface area contributed by atoms with E-state index in [1.54, 1.807) is 31.4 Å². The SMILES string of the molecule is COc1ccc(OCC(=O)Nc2ccc(Oc3nc(C)cc(C)n3)cc2)c(C(C)(C)C)c1. The van der Waals surface area contributed by atoms with Crippen molar-refractivity contribution in [2.24, 2.45) is 0 Å². The first-order chi connectivity index (χ1) is 15.1. The molecule has 0 fully saturated rings. The monoisotopic (exact) mass is 435 g/mol. The van der Waals surface area contributed by atoms with Crippen LogP contribution in [0.4, 0.5) is 5.69 Å². The van der Waals surface area contributed by atoms with Crippen LogP contribution in [0.2, 0.25) is 0 Å². The molecule has 0 saturated carbocycles. The maximum absolute atomic E-state index is 12.4. The summed E-state index contributed by atoms with van der Waals surface area (Å²) in [5, 5.41) is 2.83. The summed E-state index contributed by atoms with van der Waals surface area (Å²) in [6.45, 7) is 9.92. The lowest BCUT2D eigenvalue weighted by molar-refractivity contribution is -0.118. The summed E-state index contributed by atoms with van der Waals surface area (Å²) in [5.74, 6) is 1.73. The van der Waals surface area contributed by atoms with Gasteiger partial charge in [0.15, 0.2) is 6.61 Å². The number of carbonyl (C=O) groups excluding carboxylic acids is 1. The van der Waals surface area contributed by atoms with Gasteiger partial charge >= 0.3 is 6.01 Å². The number of amides is 1. The van der Waals surface area contributed by atoms with Crippen molar-refractivity contribution >= 4 is 11.6 Å². The van der Waals surface area contributed by atoms with Crippen LogP contribution in [0.3, 0.4) is 0 Å². The number of benzene rings is 2. The Balaban J connectivity index is 1.60. The van der Waals surface area contributed by atoms with Crippen LogP contribution in [-0.2, 0) is 10.2 Å². The number of hydrogen-bond acceptors (Lipinski definition) is 6. The van der Waals surface area contributed by atoms with E-state index < -0.39 is 0 Å². The number of rotatable bonds is 7. The van der Waals surface area contributed by atoms with Gasteiger partial charge in [-0.1, -0.05) is 20.8 Å². The van der Waals surface area contributed by atoms with Crippen molar-refractivity contribution in [3.05, 3.63) is 65.5 Å². The van der Waals surface area contributed by atoms with Gasteiger partial charge in [0, 0.05) is 22.6 Å². The Morgan fingerprint density at radius 3 is 2.16 bits per heavy atom. The van der Waals surface area contributed by atoms with Crippen LogP contribution in [0.15, 0.2) is 48.5 Å². The molecule has 7 nitrogen and oxygen atoms in total. The summed E-state index contributed by atoms with van der Waals surface area (Å²) in [6, 6.07) is 14.8. The van der Waals surface area contributed by atoms with Crippen molar-refractivity contribution in [3.8, 4) is 23.3 Å². The van der Waals surface area contributed by atoms with Gasteiger partial charge in [-0.05, 0) is 67.8 Å². The molecule has 168 valence electrons. The highest BCUT2D eigenvalue weighted by molar-refractivity contribution is 5.91. The summed E-state index contributed by atoms with van der Waals surface area (Å²) in [4.78, 5) is 20.9. The summed E-state index contributed by atoms with van der Waals surface area (Å²) >= 11 is 0. The Bertz CT molecular complexity index is 1070. The van der Waals surface area contributed by atoms with Gasteiger partial charge in [-0.2, -0.15) is 0 Å². The molecular weight excluding hydrogens is 406 g/mol. The quantitative estimate of drug-likeness (QED) is 0.549. The van der Waals surface area contributed by atoms with Crippen molar-refractivity contribution in [1.29, 1.82) is 0 Å². The standard InChI is InChI=1S/C25H29N3O4/c1-16-13-17(2)27-24(26-16)32-19-9-7-18(8-10-19)28-23(29)15-31-22-12-11-20(30-6)14-21(22)25(3,4)5/h7-14H,15H2,1-6H3,(H,28,29). The zero-order chi connectivity index (χ0) is 23.3. The second-order valence-corrected chi connectivity index (χ2v) is 8.51. The zero-order valence-corrected chi connectivity index (χ0v) is 19.4. The molecule has 1 aromatic heterocycles. The third-order valence-corrected chi connectivity index (χ3v) is 4.66. The predicted octanol–water partition coefficient (Wildman–Crippen LogP) is 5.21. The van der Waals surface area contributed by atoms with Crippen LogP contribution in [-0.4, -0.2) is 29.6 Å². The number of nitrogens with one attached hydrogen (secondary N) is 1. The number of carbonyl (C=O) groups is 1. The second kappa shape index (κ2) is 9.68. The molecule has 0 radical (unpaired) electrons. The maximum atomic E-state index is 12.4. The smallest absolute Gasteiger partial charge is 0.322 e. The Morgan fingerprint density at radius 1 is 0.938 bits per heavy atom. The largest absolute Gasteiger partial charge is 0.497 e. The van der Waals surface area contributed by atoms with E-state index in [2.05, 4.69) is 36.1 Å². The third kappa shape index (κ3) is 6.20. The summed E-state index contributed by atoms with van der Waals surface area (Å²) in [6.07, 6.45) is 0. The van der Waals surface area contributed by atoms with Gasteiger partial charge in [0.25, 0.3) is 5.91 Å². The number of nitrogens with zero attached hydrogens (tertiary/aromatic N) is 2. The van der Waals surface area contributed by atoms with E-state index in [0.717, 1.165) is 22.7 Å². The molecular formula is C25H29N3O4. The lowest BCUT2D eigenvalue weighted by Crippen LogP contribution is -2.22. The van der Waals surface area contributed by atoms with Crippen LogP contribution in [0.25, 0.3) is 0 Å². The number of ether oxygens (including phenoxy) is 3. The average Bonchev–Trinajstić information content (AvgIpc) is 2.72. The van der Waals surface area contributed by atoms with Crippen LogP contribution in [0.1, 0.15) is 37.7 Å². The molecule has 0 bridgehead atoms. The van der Waals surface area contributed by atoms with Crippen molar-refractivity contribution in [1.82, 2.24) is 9.97 Å². The van der Waals surface area contributed by atoms with Crippen molar-refractivity contribution in [2.75, 3.05) is 19.0 Å². The number of aryl methyl sites for hydroxylation is 2. The van der Waals surface area contributed by atoms with Gasteiger partial charge in [-0.3, -0.25) is 4.79 Å². The molecule has 0 aliphatic rings. The van der Waals surface area contributed by atoms with Crippen molar-refractivity contribution < 1.29 is 19.0 Å². The van der Waals surface area contributed by atoms with Gasteiger partial charge in [-0.15, -0.1) is 0 Å². The molecule has 0 aliphatic heterocycles. The highest BCUT2D eigenvalue weighted by Crippen LogP contribution is 2.34. The Kier molecular flexibility index (Phi) is 6.98. The molecule has 0 saturated heterocycles. The first-order valence-electron chi connectivity index (χ1n) is 10.4. The summed E-state index contributed by atoms with van der Waals surface area (Å²) < 4.78 is 16.8. The third-order valence-electron chi connectivity index (χ3n) is 4.66. The number of methoxy groups -OCH3 is 1. The minimum atomic E-state index is -0.257. The van der Waals surface area contributed by atoms with Crippen molar-refractivity contribution in [2.45, 2.75) is 40.0 Å². The Labute approximate surface area is 188 Å². The van der Waals surface area contributed by atoms with E-state index >= 15 is 0 Å². The molecule has 3 rings (SSSR count). The topological polar surface area (TPSA) is 82.6 Å². The lowest BCUT2D eigenvalue weighted by Gasteiger charge is -2.23. The summed E-state index contributed by atoms with van der Waals surface area (Å²) in [5.41, 5.74) is 3.12. The first-order valence-corrected chi connectivity index (χ1v) is 10.4. The molecule has 7 heteroatoms. The lowest BCUT2D eigenvalue weighted by atomic mass is 9.86. The molecule has 0 unspecified atom stereocenters. The molecule has 0 aliphatic carbocycles. The fourth-order valence-corrected chi connectivity index (χ4v) is 3.14. The van der Waals surface area contributed by atoms with E-state index in [9.17, 15) is 4.79 Å². The van der Waals surface area contributed by atoms with Gasteiger partial charge in [-0.25, -0.2) is 9.97 Å². The van der Waals surface area contributed by atoms with Crippen LogP contribution < -0.4 is 19.5 Å². The van der Waals surface area contributed by atoms with E-state index in [1.807, 2.05) is 38.1 Å². The molecule has 1 amide bonds. The highest BCUT2D eigenvalue weighted by Gasteiger charge is 2.20. The van der Waals surface area contributed by atoms with E-state index in [4.69, 9.17) is 14.2 Å². The highest BCUT2D eigenvalue weighted by atomic mass is 16.5. The van der Waals surface area contributed by atoms with Crippen LogP contribution >= 0.6 is 0 Å². The van der Waals surface area contributed by atoms with E-state index in [0.29, 0.717) is 23.2 Å². The van der Waals surface area contributed by atoms with E-state index in [1.165, 1.54) is 0 Å². The number of anilines is 1. The Hall–Kier alpha value is -3.61.